The Hall–Kier alpha value is -1.07. The van der Waals surface area contributed by atoms with Crippen molar-refractivity contribution in [3.63, 3.8) is 0 Å². The molecule has 1 N–H and O–H groups in total. The highest BCUT2D eigenvalue weighted by atomic mass is 127. The fourth-order valence-corrected chi connectivity index (χ4v) is 2.90. The SMILES string of the molecule is Cc1cc(C)cc(C(=O)Nc2ccc(Cl)cc2I)c1. The van der Waals surface area contributed by atoms with Crippen LogP contribution in [-0.4, -0.2) is 5.91 Å². The summed E-state index contributed by atoms with van der Waals surface area (Å²) in [5, 5.41) is 3.56. The predicted molar refractivity (Wildman–Crippen MR) is 88.0 cm³/mol. The van der Waals surface area contributed by atoms with E-state index >= 15 is 0 Å². The molecule has 0 fully saturated rings. The summed E-state index contributed by atoms with van der Waals surface area (Å²) in [4.78, 5) is 12.2. The van der Waals surface area contributed by atoms with Crippen molar-refractivity contribution in [2.75, 3.05) is 5.32 Å². The Bertz CT molecular complexity index is 620. The third-order valence-corrected chi connectivity index (χ3v) is 3.79. The number of amides is 1. The maximum atomic E-state index is 12.2. The molecular formula is C15H13ClINO. The Labute approximate surface area is 131 Å². The van der Waals surface area contributed by atoms with Crippen molar-refractivity contribution >= 4 is 45.8 Å². The zero-order valence-electron chi connectivity index (χ0n) is 10.6. The zero-order valence-corrected chi connectivity index (χ0v) is 13.5. The van der Waals surface area contributed by atoms with Gasteiger partial charge >= 0.3 is 0 Å². The fourth-order valence-electron chi connectivity index (χ4n) is 1.89. The number of benzene rings is 2. The van der Waals surface area contributed by atoms with Crippen LogP contribution in [0, 0.1) is 17.4 Å². The number of rotatable bonds is 2. The highest BCUT2D eigenvalue weighted by Crippen LogP contribution is 2.23. The van der Waals surface area contributed by atoms with Gasteiger partial charge < -0.3 is 5.32 Å². The molecule has 2 aromatic carbocycles. The second kappa shape index (κ2) is 5.92. The van der Waals surface area contributed by atoms with Gasteiger partial charge in [-0.2, -0.15) is 0 Å². The molecule has 98 valence electrons. The van der Waals surface area contributed by atoms with Crippen molar-refractivity contribution in [2.45, 2.75) is 13.8 Å². The van der Waals surface area contributed by atoms with E-state index in [9.17, 15) is 4.79 Å². The average molecular weight is 386 g/mol. The van der Waals surface area contributed by atoms with E-state index in [-0.39, 0.29) is 5.91 Å². The van der Waals surface area contributed by atoms with E-state index < -0.39 is 0 Å². The van der Waals surface area contributed by atoms with Gasteiger partial charge in [0.05, 0.1) is 5.69 Å². The molecule has 0 saturated carbocycles. The summed E-state index contributed by atoms with van der Waals surface area (Å²) in [5.41, 5.74) is 3.60. The number of aryl methyl sites for hydroxylation is 2. The monoisotopic (exact) mass is 385 g/mol. The first-order valence-electron chi connectivity index (χ1n) is 5.80. The second-order valence-electron chi connectivity index (χ2n) is 4.45. The van der Waals surface area contributed by atoms with Crippen LogP contribution < -0.4 is 5.32 Å². The third-order valence-electron chi connectivity index (χ3n) is 2.66. The fraction of sp³-hybridized carbons (Fsp3) is 0.133. The topological polar surface area (TPSA) is 29.1 Å². The minimum Gasteiger partial charge on any atom is -0.321 e. The quantitative estimate of drug-likeness (QED) is 0.738. The van der Waals surface area contributed by atoms with Gasteiger partial charge in [-0.3, -0.25) is 4.79 Å². The number of hydrogen-bond donors (Lipinski definition) is 1. The predicted octanol–water partition coefficient (Wildman–Crippen LogP) is 4.81. The average Bonchev–Trinajstić information content (AvgIpc) is 2.31. The van der Waals surface area contributed by atoms with Gasteiger partial charge in [0.2, 0.25) is 0 Å². The van der Waals surface area contributed by atoms with Gasteiger partial charge in [-0.25, -0.2) is 0 Å². The van der Waals surface area contributed by atoms with Crippen molar-refractivity contribution in [2.24, 2.45) is 0 Å². The van der Waals surface area contributed by atoms with Crippen molar-refractivity contribution in [1.82, 2.24) is 0 Å². The summed E-state index contributed by atoms with van der Waals surface area (Å²) in [6, 6.07) is 11.2. The van der Waals surface area contributed by atoms with Crippen LogP contribution in [0.2, 0.25) is 5.02 Å². The highest BCUT2D eigenvalue weighted by Gasteiger charge is 2.09. The van der Waals surface area contributed by atoms with Gasteiger partial charge in [0, 0.05) is 14.2 Å². The lowest BCUT2D eigenvalue weighted by molar-refractivity contribution is 0.102. The molecular weight excluding hydrogens is 373 g/mol. The zero-order chi connectivity index (χ0) is 14.0. The molecule has 0 aromatic heterocycles. The van der Waals surface area contributed by atoms with E-state index in [1.807, 2.05) is 44.2 Å². The van der Waals surface area contributed by atoms with Crippen molar-refractivity contribution in [1.29, 1.82) is 0 Å². The summed E-state index contributed by atoms with van der Waals surface area (Å²) in [6.45, 7) is 3.96. The maximum Gasteiger partial charge on any atom is 0.255 e. The Morgan fingerprint density at radius 2 is 1.74 bits per heavy atom. The van der Waals surface area contributed by atoms with E-state index in [0.29, 0.717) is 10.6 Å². The van der Waals surface area contributed by atoms with Crippen LogP contribution in [0.4, 0.5) is 5.69 Å². The Balaban J connectivity index is 2.25. The summed E-state index contributed by atoms with van der Waals surface area (Å²) < 4.78 is 0.919. The lowest BCUT2D eigenvalue weighted by Gasteiger charge is -2.09. The summed E-state index contributed by atoms with van der Waals surface area (Å²) >= 11 is 8.05. The van der Waals surface area contributed by atoms with Gasteiger partial charge in [0.25, 0.3) is 5.91 Å². The molecule has 0 radical (unpaired) electrons. The lowest BCUT2D eigenvalue weighted by atomic mass is 10.1. The first kappa shape index (κ1) is 14.3. The smallest absolute Gasteiger partial charge is 0.255 e. The van der Waals surface area contributed by atoms with Crippen LogP contribution in [0.5, 0.6) is 0 Å². The van der Waals surface area contributed by atoms with Gasteiger partial charge in [0.1, 0.15) is 0 Å². The molecule has 2 rings (SSSR count). The molecule has 2 aromatic rings. The van der Waals surface area contributed by atoms with E-state index in [1.54, 1.807) is 6.07 Å². The molecule has 0 saturated heterocycles. The molecule has 0 bridgehead atoms. The van der Waals surface area contributed by atoms with Gasteiger partial charge in [-0.05, 0) is 66.8 Å². The summed E-state index contributed by atoms with van der Waals surface area (Å²) in [5.74, 6) is -0.105. The van der Waals surface area contributed by atoms with Gasteiger partial charge in [-0.1, -0.05) is 28.8 Å². The molecule has 0 unspecified atom stereocenters. The van der Waals surface area contributed by atoms with E-state index in [4.69, 9.17) is 11.6 Å². The van der Waals surface area contributed by atoms with E-state index in [1.165, 1.54) is 0 Å². The standard InChI is InChI=1S/C15H13ClINO/c1-9-5-10(2)7-11(6-9)15(19)18-14-4-3-12(16)8-13(14)17/h3-8H,1-2H3,(H,18,19). The molecule has 0 aliphatic heterocycles. The first-order valence-corrected chi connectivity index (χ1v) is 7.26. The minimum atomic E-state index is -0.105. The number of nitrogens with one attached hydrogen (secondary N) is 1. The van der Waals surface area contributed by atoms with Crippen molar-refractivity contribution < 1.29 is 4.79 Å². The van der Waals surface area contributed by atoms with Gasteiger partial charge in [0.15, 0.2) is 0 Å². The van der Waals surface area contributed by atoms with Gasteiger partial charge in [-0.15, -0.1) is 0 Å². The van der Waals surface area contributed by atoms with Crippen LogP contribution in [0.3, 0.4) is 0 Å². The molecule has 0 heterocycles. The Morgan fingerprint density at radius 3 is 2.32 bits per heavy atom. The number of hydrogen-bond acceptors (Lipinski definition) is 1. The van der Waals surface area contributed by atoms with Crippen LogP contribution in [-0.2, 0) is 0 Å². The highest BCUT2D eigenvalue weighted by molar-refractivity contribution is 14.1. The number of anilines is 1. The van der Waals surface area contributed by atoms with Crippen LogP contribution in [0.15, 0.2) is 36.4 Å². The van der Waals surface area contributed by atoms with E-state index in [0.717, 1.165) is 20.4 Å². The molecule has 2 nitrogen and oxygen atoms in total. The molecule has 0 spiro atoms. The third kappa shape index (κ3) is 3.70. The molecule has 1 amide bonds. The van der Waals surface area contributed by atoms with Crippen molar-refractivity contribution in [3.8, 4) is 0 Å². The number of carbonyl (C=O) groups is 1. The van der Waals surface area contributed by atoms with Crippen LogP contribution in [0.25, 0.3) is 0 Å². The Kier molecular flexibility index (Phi) is 4.47. The van der Waals surface area contributed by atoms with E-state index in [2.05, 4.69) is 27.9 Å². The molecule has 0 aliphatic rings. The minimum absolute atomic E-state index is 0.105. The normalized spacial score (nSPS) is 10.3. The summed E-state index contributed by atoms with van der Waals surface area (Å²) in [6.07, 6.45) is 0. The first-order chi connectivity index (χ1) is 8.95. The molecule has 0 aliphatic carbocycles. The lowest BCUT2D eigenvalue weighted by Crippen LogP contribution is -2.13. The number of carbonyl (C=O) groups excluding carboxylic acids is 1. The maximum absolute atomic E-state index is 12.2. The van der Waals surface area contributed by atoms with Crippen LogP contribution >= 0.6 is 34.2 Å². The second-order valence-corrected chi connectivity index (χ2v) is 6.05. The summed E-state index contributed by atoms with van der Waals surface area (Å²) in [7, 11) is 0. The van der Waals surface area contributed by atoms with Crippen molar-refractivity contribution in [3.05, 3.63) is 61.7 Å². The molecule has 4 heteroatoms. The molecule has 19 heavy (non-hydrogen) atoms. The molecule has 0 atom stereocenters. The number of halogens is 2. The Morgan fingerprint density at radius 1 is 1.11 bits per heavy atom. The van der Waals surface area contributed by atoms with Crippen LogP contribution in [0.1, 0.15) is 21.5 Å². The largest absolute Gasteiger partial charge is 0.321 e.